The molecular formula is C21H29N5O3. The molecule has 3 rings (SSSR count). The van der Waals surface area contributed by atoms with Crippen LogP contribution in [0.1, 0.15) is 43.4 Å². The van der Waals surface area contributed by atoms with Gasteiger partial charge in [-0.25, -0.2) is 9.48 Å². The van der Waals surface area contributed by atoms with E-state index in [2.05, 4.69) is 24.3 Å². The molecule has 156 valence electrons. The lowest BCUT2D eigenvalue weighted by Crippen LogP contribution is -2.42. The Morgan fingerprint density at radius 3 is 2.45 bits per heavy atom. The molecule has 1 fully saturated rings. The highest BCUT2D eigenvalue weighted by Gasteiger charge is 2.27. The maximum absolute atomic E-state index is 13.1. The van der Waals surface area contributed by atoms with E-state index in [0.717, 1.165) is 11.1 Å². The fourth-order valence-electron chi connectivity index (χ4n) is 4.12. The second-order valence-corrected chi connectivity index (χ2v) is 7.98. The van der Waals surface area contributed by atoms with Crippen LogP contribution in [0.4, 0.5) is 5.69 Å². The third-order valence-electron chi connectivity index (χ3n) is 5.31. The number of nitrogens with one attached hydrogen (secondary N) is 1. The Balaban J connectivity index is 1.76. The third-order valence-corrected chi connectivity index (χ3v) is 5.31. The van der Waals surface area contributed by atoms with Gasteiger partial charge in [0, 0.05) is 19.6 Å². The minimum absolute atomic E-state index is 0.0810. The van der Waals surface area contributed by atoms with Crippen LogP contribution in [0.15, 0.2) is 29.1 Å². The molecule has 8 nitrogen and oxygen atoms in total. The Hall–Kier alpha value is -2.90. The molecule has 1 aliphatic heterocycles. The maximum atomic E-state index is 13.1. The van der Waals surface area contributed by atoms with Gasteiger partial charge >= 0.3 is 5.69 Å². The second-order valence-electron chi connectivity index (χ2n) is 7.98. The van der Waals surface area contributed by atoms with Crippen molar-refractivity contribution >= 4 is 17.5 Å². The van der Waals surface area contributed by atoms with Gasteiger partial charge in [0.05, 0.1) is 11.3 Å². The summed E-state index contributed by atoms with van der Waals surface area (Å²) >= 11 is 0. The first-order valence-electron chi connectivity index (χ1n) is 10.1. The number of carbonyl (C=O) groups is 2. The highest BCUT2D eigenvalue weighted by atomic mass is 16.2. The molecule has 8 heteroatoms. The highest BCUT2D eigenvalue weighted by molar-refractivity contribution is 6.03. The Morgan fingerprint density at radius 2 is 1.83 bits per heavy atom. The number of hydrogen-bond acceptors (Lipinski definition) is 4. The number of benzene rings is 1. The van der Waals surface area contributed by atoms with Crippen LogP contribution in [0.3, 0.4) is 0 Å². The summed E-state index contributed by atoms with van der Waals surface area (Å²) in [4.78, 5) is 39.8. The molecule has 1 aliphatic rings. The maximum Gasteiger partial charge on any atom is 0.346 e. The fraction of sp³-hybridized carbons (Fsp3) is 0.524. The largest absolute Gasteiger partial charge is 0.346 e. The van der Waals surface area contributed by atoms with Crippen molar-refractivity contribution in [2.24, 2.45) is 11.8 Å². The number of carbonyl (C=O) groups excluding carboxylic acids is 2. The van der Waals surface area contributed by atoms with E-state index in [4.69, 9.17) is 0 Å². The zero-order chi connectivity index (χ0) is 21.1. The summed E-state index contributed by atoms with van der Waals surface area (Å²) in [5.74, 6) is 0.992. The van der Waals surface area contributed by atoms with Gasteiger partial charge in [-0.3, -0.25) is 14.2 Å². The minimum Gasteiger partial charge on any atom is -0.338 e. The third kappa shape index (κ3) is 4.58. The normalized spacial score (nSPS) is 19.2. The molecule has 2 aromatic rings. The zero-order valence-electron chi connectivity index (χ0n) is 17.5. The first-order valence-corrected chi connectivity index (χ1v) is 10.1. The summed E-state index contributed by atoms with van der Waals surface area (Å²) in [6, 6.07) is 7.00. The number of para-hydroxylation sites is 1. The number of piperidine rings is 1. The lowest BCUT2D eigenvalue weighted by Gasteiger charge is -2.35. The van der Waals surface area contributed by atoms with E-state index in [0.29, 0.717) is 48.5 Å². The number of amides is 2. The van der Waals surface area contributed by atoms with Crippen molar-refractivity contribution < 1.29 is 9.59 Å². The molecule has 1 aromatic carbocycles. The molecular weight excluding hydrogens is 370 g/mol. The lowest BCUT2D eigenvalue weighted by molar-refractivity contribution is -0.117. The van der Waals surface area contributed by atoms with Gasteiger partial charge in [0.15, 0.2) is 0 Å². The van der Waals surface area contributed by atoms with Crippen molar-refractivity contribution in [1.82, 2.24) is 19.2 Å². The van der Waals surface area contributed by atoms with Gasteiger partial charge in [0.2, 0.25) is 5.91 Å². The predicted molar refractivity (Wildman–Crippen MR) is 111 cm³/mol. The van der Waals surface area contributed by atoms with Crippen LogP contribution in [-0.2, 0) is 17.9 Å². The molecule has 0 aliphatic carbocycles. The van der Waals surface area contributed by atoms with E-state index in [1.807, 2.05) is 11.8 Å². The Kier molecular flexibility index (Phi) is 6.20. The van der Waals surface area contributed by atoms with Crippen molar-refractivity contribution in [3.8, 4) is 0 Å². The topological polar surface area (TPSA) is 89.2 Å². The second kappa shape index (κ2) is 8.63. The molecule has 29 heavy (non-hydrogen) atoms. The zero-order valence-corrected chi connectivity index (χ0v) is 17.5. The summed E-state index contributed by atoms with van der Waals surface area (Å²) in [5, 5.41) is 6.92. The van der Waals surface area contributed by atoms with Gasteiger partial charge in [-0.2, -0.15) is 5.10 Å². The first kappa shape index (κ1) is 20.8. The molecule has 0 radical (unpaired) electrons. The summed E-state index contributed by atoms with van der Waals surface area (Å²) in [6.45, 7) is 9.61. The van der Waals surface area contributed by atoms with E-state index >= 15 is 0 Å². The summed E-state index contributed by atoms with van der Waals surface area (Å²) in [5.41, 5.74) is 0.596. The minimum atomic E-state index is -0.395. The molecule has 0 saturated carbocycles. The van der Waals surface area contributed by atoms with E-state index < -0.39 is 5.91 Å². The Labute approximate surface area is 170 Å². The average molecular weight is 399 g/mol. The number of nitrogens with zero attached hydrogens (tertiary/aromatic N) is 4. The monoisotopic (exact) mass is 399 g/mol. The van der Waals surface area contributed by atoms with Crippen molar-refractivity contribution in [3.05, 3.63) is 46.1 Å². The number of likely N-dealkylation sites (tertiary alicyclic amines) is 1. The van der Waals surface area contributed by atoms with Gasteiger partial charge in [-0.05, 0) is 44.2 Å². The van der Waals surface area contributed by atoms with Crippen molar-refractivity contribution in [2.75, 3.05) is 18.4 Å². The smallest absolute Gasteiger partial charge is 0.338 e. The molecule has 1 N–H and O–H groups in total. The lowest BCUT2D eigenvalue weighted by atomic mass is 9.91. The predicted octanol–water partition coefficient (Wildman–Crippen LogP) is 2.13. The number of hydrogen-bond donors (Lipinski definition) is 1. The van der Waals surface area contributed by atoms with Crippen LogP contribution in [0, 0.1) is 18.8 Å². The molecule has 1 saturated heterocycles. The molecule has 2 unspecified atom stereocenters. The van der Waals surface area contributed by atoms with Crippen LogP contribution in [0.5, 0.6) is 0 Å². The van der Waals surface area contributed by atoms with Crippen molar-refractivity contribution in [1.29, 1.82) is 0 Å². The molecule has 2 amide bonds. The van der Waals surface area contributed by atoms with E-state index in [9.17, 15) is 14.4 Å². The summed E-state index contributed by atoms with van der Waals surface area (Å²) in [6.07, 6.45) is 1.11. The molecule has 1 aromatic heterocycles. The average Bonchev–Trinajstić information content (AvgIpc) is 2.93. The quantitative estimate of drug-likeness (QED) is 0.834. The van der Waals surface area contributed by atoms with E-state index in [1.165, 1.54) is 4.57 Å². The Bertz CT molecular complexity index is 951. The number of aryl methyl sites for hydroxylation is 1. The fourth-order valence-corrected chi connectivity index (χ4v) is 4.12. The van der Waals surface area contributed by atoms with Crippen LogP contribution >= 0.6 is 0 Å². The number of aromatic nitrogens is 3. The molecule has 0 bridgehead atoms. The summed E-state index contributed by atoms with van der Waals surface area (Å²) in [7, 11) is 0. The SMILES string of the molecule is CCn1c(C)nn(CC(=O)Nc2ccccc2C(=O)N2CC(C)CC(C)C2)c1=O. The van der Waals surface area contributed by atoms with Gasteiger partial charge in [0.25, 0.3) is 5.91 Å². The number of anilines is 1. The van der Waals surface area contributed by atoms with Crippen LogP contribution in [0.2, 0.25) is 0 Å². The van der Waals surface area contributed by atoms with Gasteiger partial charge < -0.3 is 10.2 Å². The van der Waals surface area contributed by atoms with Crippen molar-refractivity contribution in [2.45, 2.75) is 47.2 Å². The molecule has 2 atom stereocenters. The van der Waals surface area contributed by atoms with Crippen LogP contribution < -0.4 is 11.0 Å². The standard InChI is InChI=1S/C21H29N5O3/c1-5-25-16(4)23-26(21(25)29)13-19(27)22-18-9-7-6-8-17(18)20(28)24-11-14(2)10-15(3)12-24/h6-9,14-15H,5,10-13H2,1-4H3,(H,22,27). The van der Waals surface area contributed by atoms with Crippen LogP contribution in [0.25, 0.3) is 0 Å². The van der Waals surface area contributed by atoms with E-state index in [1.54, 1.807) is 31.2 Å². The van der Waals surface area contributed by atoms with Crippen molar-refractivity contribution in [3.63, 3.8) is 0 Å². The highest BCUT2D eigenvalue weighted by Crippen LogP contribution is 2.25. The van der Waals surface area contributed by atoms with Gasteiger partial charge in [-0.1, -0.05) is 26.0 Å². The Morgan fingerprint density at radius 1 is 1.17 bits per heavy atom. The van der Waals surface area contributed by atoms with E-state index in [-0.39, 0.29) is 18.1 Å². The van der Waals surface area contributed by atoms with Gasteiger partial charge in [0.1, 0.15) is 12.4 Å². The number of rotatable bonds is 5. The molecule has 0 spiro atoms. The first-order chi connectivity index (χ1) is 13.8. The molecule has 2 heterocycles. The summed E-state index contributed by atoms with van der Waals surface area (Å²) < 4.78 is 2.65. The van der Waals surface area contributed by atoms with Gasteiger partial charge in [-0.15, -0.1) is 0 Å². The van der Waals surface area contributed by atoms with Crippen LogP contribution in [-0.4, -0.2) is 44.2 Å².